The Hall–Kier alpha value is -2.39. The lowest BCUT2D eigenvalue weighted by atomic mass is 10.1. The zero-order valence-corrected chi connectivity index (χ0v) is 13.5. The van der Waals surface area contributed by atoms with Crippen molar-refractivity contribution in [1.29, 1.82) is 0 Å². The highest BCUT2D eigenvalue weighted by Gasteiger charge is 2.14. The van der Waals surface area contributed by atoms with Crippen molar-refractivity contribution in [3.05, 3.63) is 53.3 Å². The average Bonchev–Trinajstić information content (AvgIpc) is 2.52. The fourth-order valence-electron chi connectivity index (χ4n) is 1.90. The Bertz CT molecular complexity index is 785. The van der Waals surface area contributed by atoms with Crippen LogP contribution in [0.25, 0.3) is 16.1 Å². The molecule has 1 heterocycles. The minimum absolute atomic E-state index is 0.328. The van der Waals surface area contributed by atoms with Gasteiger partial charge in [-0.05, 0) is 29.4 Å². The molecule has 1 aromatic heterocycles. The molecule has 0 bridgehead atoms. The Labute approximate surface area is 138 Å². The van der Waals surface area contributed by atoms with Gasteiger partial charge in [0.25, 0.3) is 0 Å². The van der Waals surface area contributed by atoms with Gasteiger partial charge in [-0.3, -0.25) is 4.98 Å². The van der Waals surface area contributed by atoms with Crippen molar-refractivity contribution in [3.63, 3.8) is 0 Å². The van der Waals surface area contributed by atoms with Gasteiger partial charge >= 0.3 is 5.97 Å². The number of aromatic nitrogens is 1. The van der Waals surface area contributed by atoms with Crippen LogP contribution >= 0.6 is 11.8 Å². The number of benzene rings is 1. The molecule has 4 nitrogen and oxygen atoms in total. The van der Waals surface area contributed by atoms with E-state index in [1.54, 1.807) is 23.9 Å². The molecule has 0 aliphatic heterocycles. The van der Waals surface area contributed by atoms with E-state index in [0.29, 0.717) is 22.9 Å². The number of rotatable bonds is 5. The Morgan fingerprint density at radius 3 is 2.78 bits per heavy atom. The summed E-state index contributed by atoms with van der Waals surface area (Å²) >= 11 is 1.61. The highest BCUT2D eigenvalue weighted by molar-refractivity contribution is 7.99. The second kappa shape index (κ2) is 7.25. The molecule has 2 aromatic rings. The second-order valence-electron chi connectivity index (χ2n) is 5.35. The minimum atomic E-state index is -1.35. The molecule has 0 aliphatic rings. The van der Waals surface area contributed by atoms with Crippen LogP contribution in [0, 0.1) is 18.3 Å². The summed E-state index contributed by atoms with van der Waals surface area (Å²) in [7, 11) is 0. The third kappa shape index (κ3) is 4.08. The van der Waals surface area contributed by atoms with Crippen molar-refractivity contribution in [2.75, 3.05) is 5.75 Å². The van der Waals surface area contributed by atoms with Crippen molar-refractivity contribution >= 4 is 23.4 Å². The van der Waals surface area contributed by atoms with E-state index in [0.717, 1.165) is 16.8 Å². The number of hydrogen-bond donors (Lipinski definition) is 1. The first-order valence-corrected chi connectivity index (χ1v) is 7.94. The third-order valence-electron chi connectivity index (χ3n) is 3.03. The van der Waals surface area contributed by atoms with E-state index in [2.05, 4.69) is 23.7 Å². The quantitative estimate of drug-likeness (QED) is 0.627. The van der Waals surface area contributed by atoms with Crippen LogP contribution in [0.5, 0.6) is 0 Å². The number of aromatic carboxylic acids is 1. The Balaban J connectivity index is 2.40. The summed E-state index contributed by atoms with van der Waals surface area (Å²) in [5, 5.41) is 8.98. The molecule has 6 heteroatoms. The first-order valence-electron chi connectivity index (χ1n) is 6.96. The van der Waals surface area contributed by atoms with E-state index in [1.807, 2.05) is 6.07 Å². The lowest BCUT2D eigenvalue weighted by molar-refractivity contribution is 0.0691. The first-order chi connectivity index (χ1) is 10.9. The van der Waals surface area contributed by atoms with Gasteiger partial charge in [0.1, 0.15) is 0 Å². The van der Waals surface area contributed by atoms with E-state index < -0.39 is 17.3 Å². The molecule has 23 heavy (non-hydrogen) atoms. The minimum Gasteiger partial charge on any atom is -0.478 e. The van der Waals surface area contributed by atoms with Crippen LogP contribution in [-0.2, 0) is 0 Å². The third-order valence-corrected chi connectivity index (χ3v) is 4.52. The molecular weight excluding hydrogens is 315 g/mol. The van der Waals surface area contributed by atoms with Crippen LogP contribution in [0.15, 0.2) is 35.4 Å². The summed E-state index contributed by atoms with van der Waals surface area (Å²) in [6.07, 6.45) is 0.887. The first kappa shape index (κ1) is 17.0. The summed E-state index contributed by atoms with van der Waals surface area (Å²) in [4.78, 5) is 19.3. The number of pyridine rings is 1. The number of thioether (sulfide) groups is 1. The molecule has 1 aromatic carbocycles. The van der Waals surface area contributed by atoms with Gasteiger partial charge in [0, 0.05) is 4.90 Å². The Kier molecular flexibility index (Phi) is 5.35. The summed E-state index contributed by atoms with van der Waals surface area (Å²) in [5.74, 6) is -0.814. The maximum Gasteiger partial charge on any atom is 0.338 e. The number of carboxylic acid groups (broad SMARTS) is 1. The van der Waals surface area contributed by atoms with E-state index >= 15 is 0 Å². The van der Waals surface area contributed by atoms with Crippen LogP contribution in [0.3, 0.4) is 0 Å². The van der Waals surface area contributed by atoms with Crippen LogP contribution in [-0.4, -0.2) is 21.8 Å². The van der Waals surface area contributed by atoms with Crippen LogP contribution < -0.4 is 0 Å². The molecule has 0 fully saturated rings. The van der Waals surface area contributed by atoms with E-state index in [9.17, 15) is 9.18 Å². The molecule has 1 N–H and O–H groups in total. The molecule has 0 aliphatic carbocycles. The molecule has 0 spiro atoms. The Morgan fingerprint density at radius 2 is 2.17 bits per heavy atom. The molecule has 2 rings (SSSR count). The normalized spacial score (nSPS) is 10.6. The zero-order chi connectivity index (χ0) is 17.0. The predicted molar refractivity (Wildman–Crippen MR) is 88.4 cm³/mol. The van der Waals surface area contributed by atoms with E-state index in [1.165, 1.54) is 6.07 Å². The molecule has 0 amide bonds. The van der Waals surface area contributed by atoms with Crippen LogP contribution in [0.1, 0.15) is 24.2 Å². The van der Waals surface area contributed by atoms with Crippen molar-refractivity contribution < 1.29 is 14.3 Å². The fraction of sp³-hybridized carbons (Fsp3) is 0.235. The molecule has 118 valence electrons. The average molecular weight is 330 g/mol. The number of halogens is 1. The van der Waals surface area contributed by atoms with E-state index in [-0.39, 0.29) is 0 Å². The predicted octanol–water partition coefficient (Wildman–Crippen LogP) is 4.88. The monoisotopic (exact) mass is 330 g/mol. The van der Waals surface area contributed by atoms with Gasteiger partial charge in [-0.15, -0.1) is 11.8 Å². The van der Waals surface area contributed by atoms with Crippen molar-refractivity contribution in [3.8, 4) is 11.3 Å². The van der Waals surface area contributed by atoms with E-state index in [4.69, 9.17) is 11.7 Å². The van der Waals surface area contributed by atoms with Crippen molar-refractivity contribution in [2.24, 2.45) is 5.92 Å². The van der Waals surface area contributed by atoms with Crippen molar-refractivity contribution in [2.45, 2.75) is 18.7 Å². The molecule has 0 atom stereocenters. The lowest BCUT2D eigenvalue weighted by Crippen LogP contribution is -2.02. The molecule has 0 radical (unpaired) electrons. The number of hydrogen-bond acceptors (Lipinski definition) is 3. The maximum absolute atomic E-state index is 13.4. The SMILES string of the molecule is [C-]#[N+]c1cc(-c2cc(C(=O)O)c(F)cn2)ccc1SCC(C)C. The van der Waals surface area contributed by atoms with Gasteiger partial charge in [-0.2, -0.15) is 0 Å². The van der Waals surface area contributed by atoms with Crippen LogP contribution in [0.2, 0.25) is 0 Å². The summed E-state index contributed by atoms with van der Waals surface area (Å²) in [6, 6.07) is 6.42. The number of carbonyl (C=O) groups is 1. The second-order valence-corrected chi connectivity index (χ2v) is 6.42. The van der Waals surface area contributed by atoms with Gasteiger partial charge < -0.3 is 5.11 Å². The van der Waals surface area contributed by atoms with Gasteiger partial charge in [0.15, 0.2) is 5.82 Å². The summed E-state index contributed by atoms with van der Waals surface area (Å²) in [5.41, 5.74) is 0.968. The van der Waals surface area contributed by atoms with Gasteiger partial charge in [-0.1, -0.05) is 26.0 Å². The molecule has 0 saturated carbocycles. The maximum atomic E-state index is 13.4. The topological polar surface area (TPSA) is 54.5 Å². The summed E-state index contributed by atoms with van der Waals surface area (Å²) in [6.45, 7) is 11.5. The molecule has 0 saturated heterocycles. The fourth-order valence-corrected chi connectivity index (χ4v) is 2.83. The van der Waals surface area contributed by atoms with Gasteiger partial charge in [0.05, 0.1) is 24.0 Å². The Morgan fingerprint density at radius 1 is 1.43 bits per heavy atom. The standard InChI is InChI=1S/C17H15FN2O2S/c1-10(2)9-23-16-5-4-11(6-15(16)19-3)14-7-12(17(21)22)13(18)8-20-14/h4-8,10H,9H2,1-2H3,(H,21,22). The highest BCUT2D eigenvalue weighted by atomic mass is 32.2. The largest absolute Gasteiger partial charge is 0.478 e. The smallest absolute Gasteiger partial charge is 0.338 e. The molecular formula is C17H15FN2O2S. The van der Waals surface area contributed by atoms with Crippen LogP contribution in [0.4, 0.5) is 10.1 Å². The van der Waals surface area contributed by atoms with Gasteiger partial charge in [0.2, 0.25) is 5.69 Å². The zero-order valence-electron chi connectivity index (χ0n) is 12.7. The highest BCUT2D eigenvalue weighted by Crippen LogP contribution is 2.34. The lowest BCUT2D eigenvalue weighted by Gasteiger charge is -2.09. The number of carboxylic acids is 1. The van der Waals surface area contributed by atoms with Gasteiger partial charge in [-0.25, -0.2) is 14.0 Å². The van der Waals surface area contributed by atoms with Crippen molar-refractivity contribution in [1.82, 2.24) is 4.98 Å². The summed E-state index contributed by atoms with van der Waals surface area (Å²) < 4.78 is 13.4. The number of nitrogens with zero attached hydrogens (tertiary/aromatic N) is 2. The molecule has 0 unspecified atom stereocenters.